The Morgan fingerprint density at radius 2 is 2.07 bits per heavy atom. The fourth-order valence-electron chi connectivity index (χ4n) is 1.40. The molecule has 0 radical (unpaired) electrons. The molecule has 0 atom stereocenters. The molecule has 1 heterocycles. The van der Waals surface area contributed by atoms with Crippen LogP contribution >= 0.6 is 11.6 Å². The van der Waals surface area contributed by atoms with Crippen molar-refractivity contribution in [2.75, 3.05) is 0 Å². The molecule has 0 aliphatic rings. The predicted octanol–water partition coefficient (Wildman–Crippen LogP) is 2.33. The summed E-state index contributed by atoms with van der Waals surface area (Å²) in [5, 5.41) is 0.656. The van der Waals surface area contributed by atoms with E-state index in [1.54, 1.807) is 6.07 Å². The van der Waals surface area contributed by atoms with E-state index in [2.05, 4.69) is 9.97 Å². The Morgan fingerprint density at radius 1 is 1.29 bits per heavy atom. The molecule has 3 nitrogen and oxygen atoms in total. The molecular formula is C10H9ClN2O. The van der Waals surface area contributed by atoms with Crippen LogP contribution in [0.2, 0.25) is 5.02 Å². The van der Waals surface area contributed by atoms with E-state index in [1.165, 1.54) is 0 Å². The second kappa shape index (κ2) is 3.35. The summed E-state index contributed by atoms with van der Waals surface area (Å²) >= 11 is 5.85. The molecule has 0 amide bonds. The molecule has 0 spiro atoms. The molecule has 2 aromatic rings. The highest BCUT2D eigenvalue weighted by molar-refractivity contribution is 6.30. The molecule has 1 aromatic carbocycles. The molecule has 0 aliphatic carbocycles. The summed E-state index contributed by atoms with van der Waals surface area (Å²) in [6, 6.07) is 7.36. The zero-order valence-corrected chi connectivity index (χ0v) is 8.35. The fraction of sp³-hybridized carbons (Fsp3) is 0.100. The predicted molar refractivity (Wildman–Crippen MR) is 56.6 cm³/mol. The van der Waals surface area contributed by atoms with Gasteiger partial charge in [-0.1, -0.05) is 23.7 Å². The largest absolute Gasteiger partial charge is 0.323 e. The number of aromatic amines is 2. The topological polar surface area (TPSA) is 48.6 Å². The van der Waals surface area contributed by atoms with Gasteiger partial charge in [-0.15, -0.1) is 0 Å². The van der Waals surface area contributed by atoms with Crippen LogP contribution in [-0.4, -0.2) is 9.97 Å². The van der Waals surface area contributed by atoms with Gasteiger partial charge in [0.2, 0.25) is 0 Å². The standard InChI is InChI=1S/C10H9ClN2O/c1-6-9(13-10(14)12-6)7-3-2-4-8(11)5-7/h2-5H,1H3,(H2,12,13,14). The third kappa shape index (κ3) is 1.59. The molecule has 72 valence electrons. The maximum absolute atomic E-state index is 11.0. The van der Waals surface area contributed by atoms with Crippen molar-refractivity contribution in [3.8, 4) is 11.3 Å². The molecule has 2 rings (SSSR count). The van der Waals surface area contributed by atoms with Gasteiger partial charge in [0.25, 0.3) is 0 Å². The van der Waals surface area contributed by atoms with Gasteiger partial charge in [0.1, 0.15) is 0 Å². The van der Waals surface area contributed by atoms with Crippen molar-refractivity contribution in [2.45, 2.75) is 6.92 Å². The Balaban J connectivity index is 2.59. The number of benzene rings is 1. The first-order valence-corrected chi connectivity index (χ1v) is 4.59. The van der Waals surface area contributed by atoms with E-state index in [1.807, 2.05) is 25.1 Å². The van der Waals surface area contributed by atoms with Gasteiger partial charge in [0.15, 0.2) is 0 Å². The van der Waals surface area contributed by atoms with Gasteiger partial charge < -0.3 is 9.97 Å². The van der Waals surface area contributed by atoms with Crippen LogP contribution in [0.1, 0.15) is 5.69 Å². The van der Waals surface area contributed by atoms with Gasteiger partial charge in [-0.05, 0) is 19.1 Å². The number of hydrogen-bond donors (Lipinski definition) is 2. The van der Waals surface area contributed by atoms with Crippen molar-refractivity contribution in [1.29, 1.82) is 0 Å². The number of H-pyrrole nitrogens is 2. The normalized spacial score (nSPS) is 10.4. The Bertz CT molecular complexity index is 513. The molecule has 0 saturated heterocycles. The lowest BCUT2D eigenvalue weighted by Gasteiger charge is -1.99. The smallest absolute Gasteiger partial charge is 0.310 e. The molecule has 0 fully saturated rings. The molecule has 0 aliphatic heterocycles. The summed E-state index contributed by atoms with van der Waals surface area (Å²) in [5.74, 6) is 0. The first-order chi connectivity index (χ1) is 6.66. The third-order valence-corrected chi connectivity index (χ3v) is 2.26. The van der Waals surface area contributed by atoms with E-state index in [0.717, 1.165) is 17.0 Å². The third-order valence-electron chi connectivity index (χ3n) is 2.03. The maximum Gasteiger partial charge on any atom is 0.323 e. The Hall–Kier alpha value is -1.48. The summed E-state index contributed by atoms with van der Waals surface area (Å²) < 4.78 is 0. The average Bonchev–Trinajstić information content (AvgIpc) is 2.45. The summed E-state index contributed by atoms with van der Waals surface area (Å²) in [4.78, 5) is 16.4. The van der Waals surface area contributed by atoms with E-state index in [4.69, 9.17) is 11.6 Å². The van der Waals surface area contributed by atoms with Crippen molar-refractivity contribution in [1.82, 2.24) is 9.97 Å². The van der Waals surface area contributed by atoms with Crippen LogP contribution in [0.5, 0.6) is 0 Å². The second-order valence-corrected chi connectivity index (χ2v) is 3.53. The zero-order chi connectivity index (χ0) is 10.1. The van der Waals surface area contributed by atoms with Crippen LogP contribution in [0.15, 0.2) is 29.1 Å². The highest BCUT2D eigenvalue weighted by atomic mass is 35.5. The lowest BCUT2D eigenvalue weighted by molar-refractivity contribution is 1.16. The molecule has 1 aromatic heterocycles. The molecule has 0 unspecified atom stereocenters. The molecule has 14 heavy (non-hydrogen) atoms. The van der Waals surface area contributed by atoms with Crippen LogP contribution in [0, 0.1) is 6.92 Å². The maximum atomic E-state index is 11.0. The Labute approximate surface area is 85.7 Å². The Kier molecular flexibility index (Phi) is 2.17. The number of aryl methyl sites for hydroxylation is 1. The van der Waals surface area contributed by atoms with Crippen molar-refractivity contribution in [3.63, 3.8) is 0 Å². The SMILES string of the molecule is Cc1[nH]c(=O)[nH]c1-c1cccc(Cl)c1. The van der Waals surface area contributed by atoms with Crippen LogP contribution in [0.3, 0.4) is 0 Å². The van der Waals surface area contributed by atoms with Gasteiger partial charge >= 0.3 is 5.69 Å². The van der Waals surface area contributed by atoms with Gasteiger partial charge in [-0.3, -0.25) is 0 Å². The van der Waals surface area contributed by atoms with E-state index < -0.39 is 0 Å². The van der Waals surface area contributed by atoms with Crippen molar-refractivity contribution >= 4 is 11.6 Å². The fourth-order valence-corrected chi connectivity index (χ4v) is 1.59. The van der Waals surface area contributed by atoms with E-state index >= 15 is 0 Å². The number of rotatable bonds is 1. The first-order valence-electron chi connectivity index (χ1n) is 4.21. The summed E-state index contributed by atoms with van der Waals surface area (Å²) in [5.41, 5.74) is 2.32. The quantitative estimate of drug-likeness (QED) is 0.743. The van der Waals surface area contributed by atoms with Crippen LogP contribution < -0.4 is 5.69 Å². The van der Waals surface area contributed by atoms with Gasteiger partial charge in [0, 0.05) is 16.3 Å². The summed E-state index contributed by atoms with van der Waals surface area (Å²) in [7, 11) is 0. The number of hydrogen-bond acceptors (Lipinski definition) is 1. The lowest BCUT2D eigenvalue weighted by atomic mass is 10.1. The number of halogens is 1. The molecule has 4 heteroatoms. The second-order valence-electron chi connectivity index (χ2n) is 3.09. The number of imidazole rings is 1. The molecule has 2 N–H and O–H groups in total. The van der Waals surface area contributed by atoms with E-state index in [-0.39, 0.29) is 5.69 Å². The highest BCUT2D eigenvalue weighted by Crippen LogP contribution is 2.21. The van der Waals surface area contributed by atoms with Crippen molar-refractivity contribution in [2.24, 2.45) is 0 Å². The summed E-state index contributed by atoms with van der Waals surface area (Å²) in [6.45, 7) is 1.84. The number of nitrogens with one attached hydrogen (secondary N) is 2. The van der Waals surface area contributed by atoms with E-state index in [9.17, 15) is 4.79 Å². The van der Waals surface area contributed by atoms with Crippen LogP contribution in [0.4, 0.5) is 0 Å². The zero-order valence-electron chi connectivity index (χ0n) is 7.60. The van der Waals surface area contributed by atoms with Crippen LogP contribution in [-0.2, 0) is 0 Å². The first kappa shape index (κ1) is 9.09. The van der Waals surface area contributed by atoms with Gasteiger partial charge in [-0.2, -0.15) is 0 Å². The minimum absolute atomic E-state index is 0.197. The average molecular weight is 209 g/mol. The number of aromatic nitrogens is 2. The minimum Gasteiger partial charge on any atom is -0.310 e. The van der Waals surface area contributed by atoms with Gasteiger partial charge in [0.05, 0.1) is 5.69 Å². The van der Waals surface area contributed by atoms with Gasteiger partial charge in [-0.25, -0.2) is 4.79 Å². The van der Waals surface area contributed by atoms with Crippen molar-refractivity contribution in [3.05, 3.63) is 45.5 Å². The molecular weight excluding hydrogens is 200 g/mol. The highest BCUT2D eigenvalue weighted by Gasteiger charge is 2.05. The van der Waals surface area contributed by atoms with E-state index in [0.29, 0.717) is 5.02 Å². The summed E-state index contributed by atoms with van der Waals surface area (Å²) in [6.07, 6.45) is 0. The van der Waals surface area contributed by atoms with Crippen molar-refractivity contribution < 1.29 is 0 Å². The minimum atomic E-state index is -0.197. The molecule has 0 saturated carbocycles. The lowest BCUT2D eigenvalue weighted by Crippen LogP contribution is -2.00. The monoisotopic (exact) mass is 208 g/mol. The van der Waals surface area contributed by atoms with Crippen LogP contribution in [0.25, 0.3) is 11.3 Å². The molecule has 0 bridgehead atoms. The Morgan fingerprint density at radius 3 is 2.64 bits per heavy atom.